The second kappa shape index (κ2) is 5.63. The summed E-state index contributed by atoms with van der Waals surface area (Å²) in [5.41, 5.74) is 1.00. The Kier molecular flexibility index (Phi) is 4.44. The minimum absolute atomic E-state index is 0.0415. The maximum atomic E-state index is 12.4. The van der Waals surface area contributed by atoms with Crippen LogP contribution in [0.25, 0.3) is 0 Å². The molecule has 2 heteroatoms. The van der Waals surface area contributed by atoms with Crippen LogP contribution < -0.4 is 4.74 Å². The first-order valence-electron chi connectivity index (χ1n) is 5.06. The lowest BCUT2D eigenvalue weighted by Crippen LogP contribution is -1.98. The highest BCUT2D eigenvalue weighted by molar-refractivity contribution is 5.30. The fraction of sp³-hybridized carbons (Fsp3) is 0.500. The zero-order chi connectivity index (χ0) is 10.4. The molecule has 0 saturated carbocycles. The maximum Gasteiger partial charge on any atom is 0.119 e. The molecule has 0 saturated heterocycles. The van der Waals surface area contributed by atoms with Gasteiger partial charge in [0.05, 0.1) is 13.3 Å². The van der Waals surface area contributed by atoms with Crippen molar-refractivity contribution >= 4 is 0 Å². The molecule has 0 aromatic heterocycles. The van der Waals surface area contributed by atoms with Crippen molar-refractivity contribution in [3.8, 4) is 5.75 Å². The normalized spacial score (nSPS) is 12.5. The molecule has 1 unspecified atom stereocenters. The maximum absolute atomic E-state index is 12.4. The molecule has 1 atom stereocenters. The first-order chi connectivity index (χ1) is 6.77. The van der Waals surface area contributed by atoms with E-state index in [-0.39, 0.29) is 12.6 Å². The molecule has 0 amide bonds. The first kappa shape index (κ1) is 11.0. The van der Waals surface area contributed by atoms with Crippen LogP contribution in [0.1, 0.15) is 31.7 Å². The summed E-state index contributed by atoms with van der Waals surface area (Å²) < 4.78 is 17.9. The summed E-state index contributed by atoms with van der Waals surface area (Å²) in [5, 5.41) is 0. The average molecular weight is 196 g/mol. The number of rotatable bonds is 5. The van der Waals surface area contributed by atoms with Gasteiger partial charge in [-0.3, -0.25) is 4.39 Å². The highest BCUT2D eigenvalue weighted by Crippen LogP contribution is 2.21. The molecule has 1 aromatic rings. The van der Waals surface area contributed by atoms with Crippen molar-refractivity contribution in [2.45, 2.75) is 26.2 Å². The Balaban J connectivity index is 2.68. The zero-order valence-corrected chi connectivity index (χ0v) is 8.79. The van der Waals surface area contributed by atoms with E-state index in [1.54, 1.807) is 0 Å². The van der Waals surface area contributed by atoms with E-state index < -0.39 is 0 Å². The summed E-state index contributed by atoms with van der Waals surface area (Å²) in [6.07, 6.45) is 0.989. The highest BCUT2D eigenvalue weighted by Gasteiger charge is 2.05. The molecule has 0 aliphatic heterocycles. The summed E-state index contributed by atoms with van der Waals surface area (Å²) in [6, 6.07) is 7.67. The number of ether oxygens (including phenoxy) is 1. The van der Waals surface area contributed by atoms with E-state index >= 15 is 0 Å². The minimum atomic E-state index is -0.322. The van der Waals surface area contributed by atoms with E-state index in [9.17, 15) is 4.39 Å². The molecule has 0 aliphatic carbocycles. The van der Waals surface area contributed by atoms with Crippen LogP contribution in [0.4, 0.5) is 4.39 Å². The fourth-order valence-electron chi connectivity index (χ4n) is 1.22. The van der Waals surface area contributed by atoms with Crippen LogP contribution in [0, 0.1) is 0 Å². The van der Waals surface area contributed by atoms with Gasteiger partial charge in [0.2, 0.25) is 0 Å². The molecular formula is C12H17FO. The van der Waals surface area contributed by atoms with Gasteiger partial charge in [-0.15, -0.1) is 0 Å². The molecular weight excluding hydrogens is 179 g/mol. The largest absolute Gasteiger partial charge is 0.494 e. The zero-order valence-electron chi connectivity index (χ0n) is 8.79. The van der Waals surface area contributed by atoms with Crippen molar-refractivity contribution in [1.29, 1.82) is 0 Å². The lowest BCUT2D eigenvalue weighted by molar-refractivity contribution is 0.316. The van der Waals surface area contributed by atoms with Gasteiger partial charge >= 0.3 is 0 Å². The second-order valence-electron chi connectivity index (χ2n) is 3.48. The third-order valence-corrected chi connectivity index (χ3v) is 2.13. The Hall–Kier alpha value is -1.05. The lowest BCUT2D eigenvalue weighted by atomic mass is 10.0. The van der Waals surface area contributed by atoms with Crippen molar-refractivity contribution in [3.63, 3.8) is 0 Å². The Morgan fingerprint density at radius 1 is 1.43 bits per heavy atom. The van der Waals surface area contributed by atoms with Crippen LogP contribution in [0.2, 0.25) is 0 Å². The van der Waals surface area contributed by atoms with Gasteiger partial charge in [-0.2, -0.15) is 0 Å². The lowest BCUT2D eigenvalue weighted by Gasteiger charge is -2.10. The Bertz CT molecular complexity index is 273. The highest BCUT2D eigenvalue weighted by atomic mass is 19.1. The van der Waals surface area contributed by atoms with Crippen LogP contribution in [0.5, 0.6) is 5.75 Å². The number of hydrogen-bond donors (Lipinski definition) is 0. The number of alkyl halides is 1. The third kappa shape index (κ3) is 3.02. The SMILES string of the molecule is CCCOc1cccc(C(C)CF)c1. The van der Waals surface area contributed by atoms with Gasteiger partial charge in [0.15, 0.2) is 0 Å². The van der Waals surface area contributed by atoms with Crippen LogP contribution >= 0.6 is 0 Å². The molecule has 1 aromatic carbocycles. The summed E-state index contributed by atoms with van der Waals surface area (Å²) in [6.45, 7) is 4.33. The van der Waals surface area contributed by atoms with E-state index in [1.807, 2.05) is 31.2 Å². The molecule has 0 aliphatic rings. The van der Waals surface area contributed by atoms with Crippen molar-refractivity contribution < 1.29 is 9.13 Å². The average Bonchev–Trinajstić information content (AvgIpc) is 2.25. The Morgan fingerprint density at radius 3 is 2.86 bits per heavy atom. The summed E-state index contributed by atoms with van der Waals surface area (Å²) >= 11 is 0. The number of hydrogen-bond acceptors (Lipinski definition) is 1. The first-order valence-corrected chi connectivity index (χ1v) is 5.06. The third-order valence-electron chi connectivity index (χ3n) is 2.13. The van der Waals surface area contributed by atoms with Gasteiger partial charge in [0.1, 0.15) is 5.75 Å². The monoisotopic (exact) mass is 196 g/mol. The molecule has 0 radical (unpaired) electrons. The van der Waals surface area contributed by atoms with Crippen LogP contribution in [0.3, 0.4) is 0 Å². The summed E-state index contributed by atoms with van der Waals surface area (Å²) in [7, 11) is 0. The quantitative estimate of drug-likeness (QED) is 0.699. The summed E-state index contributed by atoms with van der Waals surface area (Å²) in [5.74, 6) is 0.796. The predicted octanol–water partition coefficient (Wildman–Crippen LogP) is 3.55. The molecule has 1 nitrogen and oxygen atoms in total. The van der Waals surface area contributed by atoms with Gasteiger partial charge in [0.25, 0.3) is 0 Å². The molecule has 0 bridgehead atoms. The number of benzene rings is 1. The van der Waals surface area contributed by atoms with E-state index in [1.165, 1.54) is 0 Å². The van der Waals surface area contributed by atoms with Crippen molar-refractivity contribution in [1.82, 2.24) is 0 Å². The van der Waals surface area contributed by atoms with Crippen molar-refractivity contribution in [2.75, 3.05) is 13.3 Å². The van der Waals surface area contributed by atoms with Gasteiger partial charge in [-0.1, -0.05) is 26.0 Å². The molecule has 14 heavy (non-hydrogen) atoms. The molecule has 78 valence electrons. The summed E-state index contributed by atoms with van der Waals surface area (Å²) in [4.78, 5) is 0. The second-order valence-corrected chi connectivity index (χ2v) is 3.48. The van der Waals surface area contributed by atoms with Crippen molar-refractivity contribution in [3.05, 3.63) is 29.8 Å². The number of halogens is 1. The standard InChI is InChI=1S/C12H17FO/c1-3-7-14-12-6-4-5-11(8-12)10(2)9-13/h4-6,8,10H,3,7,9H2,1-2H3. The van der Waals surface area contributed by atoms with Crippen LogP contribution in [-0.2, 0) is 0 Å². The van der Waals surface area contributed by atoms with Crippen LogP contribution in [0.15, 0.2) is 24.3 Å². The Morgan fingerprint density at radius 2 is 2.21 bits per heavy atom. The van der Waals surface area contributed by atoms with Gasteiger partial charge in [-0.25, -0.2) is 0 Å². The molecule has 0 N–H and O–H groups in total. The minimum Gasteiger partial charge on any atom is -0.494 e. The molecule has 0 spiro atoms. The fourth-order valence-corrected chi connectivity index (χ4v) is 1.22. The van der Waals surface area contributed by atoms with Gasteiger partial charge < -0.3 is 4.74 Å². The van der Waals surface area contributed by atoms with E-state index in [0.29, 0.717) is 6.61 Å². The van der Waals surface area contributed by atoms with Crippen LogP contribution in [-0.4, -0.2) is 13.3 Å². The molecule has 0 heterocycles. The van der Waals surface area contributed by atoms with E-state index in [0.717, 1.165) is 17.7 Å². The van der Waals surface area contributed by atoms with Crippen molar-refractivity contribution in [2.24, 2.45) is 0 Å². The topological polar surface area (TPSA) is 9.23 Å². The van der Waals surface area contributed by atoms with E-state index in [2.05, 4.69) is 6.92 Å². The molecule has 0 fully saturated rings. The van der Waals surface area contributed by atoms with E-state index in [4.69, 9.17) is 4.74 Å². The molecule has 1 rings (SSSR count). The predicted molar refractivity (Wildman–Crippen MR) is 56.6 cm³/mol. The van der Waals surface area contributed by atoms with Gasteiger partial charge in [0, 0.05) is 5.92 Å². The Labute approximate surface area is 84.9 Å². The smallest absolute Gasteiger partial charge is 0.119 e. The van der Waals surface area contributed by atoms with Gasteiger partial charge in [-0.05, 0) is 24.1 Å².